The van der Waals surface area contributed by atoms with E-state index in [0.29, 0.717) is 12.8 Å². The molecule has 140 valence electrons. The van der Waals surface area contributed by atoms with Crippen molar-refractivity contribution in [2.45, 2.75) is 77.5 Å². The van der Waals surface area contributed by atoms with Crippen molar-refractivity contribution in [3.63, 3.8) is 0 Å². The van der Waals surface area contributed by atoms with Crippen LogP contribution in [0.4, 0.5) is 13.6 Å². The summed E-state index contributed by atoms with van der Waals surface area (Å²) in [6, 6.07) is 2.26. The summed E-state index contributed by atoms with van der Waals surface area (Å²) in [6.07, 6.45) is -0.196. The van der Waals surface area contributed by atoms with Crippen molar-refractivity contribution in [3.8, 4) is 5.75 Å². The second-order valence-corrected chi connectivity index (χ2v) is 8.70. The third-order valence-corrected chi connectivity index (χ3v) is 4.43. The van der Waals surface area contributed by atoms with E-state index in [4.69, 9.17) is 4.74 Å². The van der Waals surface area contributed by atoms with Crippen LogP contribution in [0.25, 0.3) is 0 Å². The Morgan fingerprint density at radius 2 is 1.60 bits per heavy atom. The van der Waals surface area contributed by atoms with Gasteiger partial charge >= 0.3 is 6.09 Å². The van der Waals surface area contributed by atoms with Gasteiger partial charge in [0.15, 0.2) is 0 Å². The lowest BCUT2D eigenvalue weighted by molar-refractivity contribution is -0.0136. The van der Waals surface area contributed by atoms with Crippen LogP contribution in [0, 0.1) is 11.6 Å². The molecule has 0 aromatic heterocycles. The maximum Gasteiger partial charge on any atom is 0.407 e. The number of carboxylic acid groups (broad SMARTS) is 1. The summed E-state index contributed by atoms with van der Waals surface area (Å²) in [5, 5.41) is 9.39. The summed E-state index contributed by atoms with van der Waals surface area (Å²) in [5.74, 6) is -1.11. The molecular formula is C19H27F2NO3. The van der Waals surface area contributed by atoms with E-state index in [1.165, 1.54) is 17.0 Å². The van der Waals surface area contributed by atoms with Gasteiger partial charge in [0.1, 0.15) is 23.5 Å². The van der Waals surface area contributed by atoms with Crippen molar-refractivity contribution in [1.82, 2.24) is 4.90 Å². The highest BCUT2D eigenvalue weighted by atomic mass is 19.1. The van der Waals surface area contributed by atoms with E-state index in [1.54, 1.807) is 20.8 Å². The van der Waals surface area contributed by atoms with Crippen LogP contribution in [0.1, 0.15) is 59.9 Å². The van der Waals surface area contributed by atoms with Gasteiger partial charge in [-0.3, -0.25) is 0 Å². The zero-order valence-electron chi connectivity index (χ0n) is 15.7. The van der Waals surface area contributed by atoms with Gasteiger partial charge in [-0.05, 0) is 26.2 Å². The number of carbonyl (C=O) groups is 1. The van der Waals surface area contributed by atoms with Crippen molar-refractivity contribution in [2.24, 2.45) is 0 Å². The molecule has 1 amide bonds. The highest BCUT2D eigenvalue weighted by molar-refractivity contribution is 5.66. The number of amides is 1. The molecule has 25 heavy (non-hydrogen) atoms. The molecular weight excluding hydrogens is 328 g/mol. The van der Waals surface area contributed by atoms with Gasteiger partial charge in [-0.15, -0.1) is 0 Å². The monoisotopic (exact) mass is 355 g/mol. The molecule has 1 N–H and O–H groups in total. The minimum Gasteiger partial charge on any atom is -0.490 e. The van der Waals surface area contributed by atoms with Crippen molar-refractivity contribution in [3.05, 3.63) is 29.3 Å². The number of rotatable bonds is 3. The normalized spacial score (nSPS) is 20.8. The van der Waals surface area contributed by atoms with Crippen molar-refractivity contribution in [2.75, 3.05) is 0 Å². The van der Waals surface area contributed by atoms with Gasteiger partial charge < -0.3 is 14.7 Å². The molecule has 1 aromatic carbocycles. The first kappa shape index (κ1) is 19.5. The van der Waals surface area contributed by atoms with Crippen LogP contribution in [0.15, 0.2) is 12.1 Å². The van der Waals surface area contributed by atoms with E-state index < -0.39 is 28.7 Å². The van der Waals surface area contributed by atoms with Crippen LogP contribution in [-0.2, 0) is 5.41 Å². The number of benzene rings is 1. The predicted octanol–water partition coefficient (Wildman–Crippen LogP) is 4.95. The molecule has 0 aliphatic heterocycles. The molecule has 4 nitrogen and oxygen atoms in total. The second kappa shape index (κ2) is 6.46. The first-order chi connectivity index (χ1) is 11.3. The van der Waals surface area contributed by atoms with Gasteiger partial charge in [-0.2, -0.15) is 0 Å². The number of ether oxygens (including phenoxy) is 1. The summed E-state index contributed by atoms with van der Waals surface area (Å²) in [7, 11) is 0. The fourth-order valence-corrected chi connectivity index (χ4v) is 3.36. The fourth-order valence-electron chi connectivity index (χ4n) is 3.36. The van der Waals surface area contributed by atoms with Gasteiger partial charge in [0.05, 0.1) is 0 Å². The summed E-state index contributed by atoms with van der Waals surface area (Å²) in [5.41, 5.74) is -1.10. The van der Waals surface area contributed by atoms with Crippen molar-refractivity contribution >= 4 is 6.09 Å². The summed E-state index contributed by atoms with van der Waals surface area (Å²) < 4.78 is 34.1. The van der Waals surface area contributed by atoms with Gasteiger partial charge in [0.25, 0.3) is 0 Å². The van der Waals surface area contributed by atoms with Crippen LogP contribution in [0.3, 0.4) is 0 Å². The average molecular weight is 355 g/mol. The molecule has 1 saturated carbocycles. The molecule has 0 heterocycles. The molecule has 1 fully saturated rings. The number of hydrogen-bond acceptors (Lipinski definition) is 2. The lowest BCUT2D eigenvalue weighted by Gasteiger charge is -2.47. The van der Waals surface area contributed by atoms with Crippen LogP contribution in [-0.4, -0.2) is 33.8 Å². The first-order valence-electron chi connectivity index (χ1n) is 8.49. The lowest BCUT2D eigenvalue weighted by Crippen LogP contribution is -2.58. The first-order valence-corrected chi connectivity index (χ1v) is 8.49. The van der Waals surface area contributed by atoms with Gasteiger partial charge in [-0.1, -0.05) is 20.8 Å². The molecule has 1 aromatic rings. The van der Waals surface area contributed by atoms with E-state index >= 15 is 0 Å². The summed E-state index contributed by atoms with van der Waals surface area (Å²) >= 11 is 0. The standard InChI is InChI=1S/C19H27F2NO3/c1-18(2,3)16-14(20)9-13(10-15(16)21)25-12-7-11(8-12)22(17(23)24)19(4,5)6/h9-12H,7-8H2,1-6H3,(H,23,24)/t11-,12+. The van der Waals surface area contributed by atoms with Gasteiger partial charge in [-0.25, -0.2) is 13.6 Å². The maximum atomic E-state index is 14.2. The van der Waals surface area contributed by atoms with E-state index in [1.807, 2.05) is 20.8 Å². The number of nitrogens with zero attached hydrogens (tertiary/aromatic N) is 1. The minimum absolute atomic E-state index is 0.0381. The molecule has 6 heteroatoms. The average Bonchev–Trinajstić information content (AvgIpc) is 2.30. The van der Waals surface area contributed by atoms with Crippen LogP contribution >= 0.6 is 0 Å². The Kier molecular flexibility index (Phi) is 5.04. The minimum atomic E-state index is -0.970. The zero-order valence-corrected chi connectivity index (χ0v) is 15.7. The zero-order chi connectivity index (χ0) is 19.2. The van der Waals surface area contributed by atoms with Crippen molar-refractivity contribution in [1.29, 1.82) is 0 Å². The Hall–Kier alpha value is -1.85. The van der Waals surface area contributed by atoms with Crippen LogP contribution in [0.5, 0.6) is 5.75 Å². The van der Waals surface area contributed by atoms with Gasteiger partial charge in [0.2, 0.25) is 0 Å². The molecule has 2 rings (SSSR count). The SMILES string of the molecule is CC(C)(C)c1c(F)cc(O[C@H]2C[C@@H](N(C(=O)O)C(C)(C)C)C2)cc1F. The molecule has 0 radical (unpaired) electrons. The highest BCUT2D eigenvalue weighted by Crippen LogP contribution is 2.36. The third kappa shape index (κ3) is 4.22. The number of hydrogen-bond donors (Lipinski definition) is 1. The Balaban J connectivity index is 2.06. The third-order valence-electron chi connectivity index (χ3n) is 4.43. The predicted molar refractivity (Wildman–Crippen MR) is 92.1 cm³/mol. The molecule has 0 bridgehead atoms. The molecule has 1 aliphatic rings. The second-order valence-electron chi connectivity index (χ2n) is 8.70. The molecule has 1 aliphatic carbocycles. The van der Waals surface area contributed by atoms with Crippen molar-refractivity contribution < 1.29 is 23.4 Å². The largest absolute Gasteiger partial charge is 0.490 e. The molecule has 0 atom stereocenters. The van der Waals surface area contributed by atoms with E-state index in [2.05, 4.69) is 0 Å². The molecule has 0 spiro atoms. The molecule has 0 unspecified atom stereocenters. The summed E-state index contributed by atoms with van der Waals surface area (Å²) in [6.45, 7) is 10.8. The highest BCUT2D eigenvalue weighted by Gasteiger charge is 2.42. The number of halogens is 2. The van der Waals surface area contributed by atoms with Crippen LogP contribution < -0.4 is 4.74 Å². The Morgan fingerprint density at radius 1 is 1.12 bits per heavy atom. The Labute approximate surface area is 147 Å². The lowest BCUT2D eigenvalue weighted by atomic mass is 9.85. The molecule has 0 saturated heterocycles. The van der Waals surface area contributed by atoms with Crippen LogP contribution in [0.2, 0.25) is 0 Å². The maximum absolute atomic E-state index is 14.2. The topological polar surface area (TPSA) is 49.8 Å². The quantitative estimate of drug-likeness (QED) is 0.834. The van der Waals surface area contributed by atoms with Gasteiger partial charge in [0, 0.05) is 42.1 Å². The Bertz CT molecular complexity index is 633. The summed E-state index contributed by atoms with van der Waals surface area (Å²) in [4.78, 5) is 12.9. The van der Waals surface area contributed by atoms with E-state index in [0.717, 1.165) is 0 Å². The fraction of sp³-hybridized carbons (Fsp3) is 0.632. The Morgan fingerprint density at radius 3 is 1.96 bits per heavy atom. The van der Waals surface area contributed by atoms with E-state index in [-0.39, 0.29) is 23.5 Å². The van der Waals surface area contributed by atoms with E-state index in [9.17, 15) is 18.7 Å². The smallest absolute Gasteiger partial charge is 0.407 e.